The summed E-state index contributed by atoms with van der Waals surface area (Å²) in [5.41, 5.74) is 1.63. The van der Waals surface area contributed by atoms with Crippen molar-refractivity contribution in [3.63, 3.8) is 0 Å². The lowest BCUT2D eigenvalue weighted by Gasteiger charge is -2.33. The molecule has 0 N–H and O–H groups in total. The fraction of sp³-hybridized carbons (Fsp3) is 0.412. The number of rotatable bonds is 2. The molecule has 0 radical (unpaired) electrons. The highest BCUT2D eigenvalue weighted by molar-refractivity contribution is 6.00. The van der Waals surface area contributed by atoms with Crippen molar-refractivity contribution in [3.05, 3.63) is 36.0 Å². The zero-order valence-electron chi connectivity index (χ0n) is 12.9. The number of esters is 1. The van der Waals surface area contributed by atoms with E-state index in [2.05, 4.69) is 0 Å². The fourth-order valence-corrected chi connectivity index (χ4v) is 3.12. The molecule has 1 aliphatic rings. The molecule has 1 saturated heterocycles. The molecule has 0 aliphatic carbocycles. The Hall–Kier alpha value is -2.30. The summed E-state index contributed by atoms with van der Waals surface area (Å²) in [6, 6.07) is 7.21. The number of methoxy groups -OCH3 is 1. The Labute approximate surface area is 129 Å². The molecule has 2 aromatic rings. The van der Waals surface area contributed by atoms with Gasteiger partial charge in [-0.25, -0.2) is 4.79 Å². The van der Waals surface area contributed by atoms with E-state index in [1.807, 2.05) is 42.1 Å². The van der Waals surface area contributed by atoms with E-state index in [1.54, 1.807) is 4.90 Å². The van der Waals surface area contributed by atoms with Gasteiger partial charge in [0.15, 0.2) is 0 Å². The van der Waals surface area contributed by atoms with E-state index in [0.29, 0.717) is 18.5 Å². The van der Waals surface area contributed by atoms with Gasteiger partial charge in [-0.15, -0.1) is 0 Å². The van der Waals surface area contributed by atoms with E-state index in [0.717, 1.165) is 23.7 Å². The average molecular weight is 300 g/mol. The van der Waals surface area contributed by atoms with Crippen LogP contribution in [0.5, 0.6) is 0 Å². The number of ether oxygens (including phenoxy) is 1. The molecular weight excluding hydrogens is 280 g/mol. The van der Waals surface area contributed by atoms with E-state index in [9.17, 15) is 9.59 Å². The minimum atomic E-state index is -0.463. The van der Waals surface area contributed by atoms with E-state index in [-0.39, 0.29) is 11.9 Å². The second-order valence-corrected chi connectivity index (χ2v) is 5.73. The second-order valence-electron chi connectivity index (χ2n) is 5.73. The molecule has 0 bridgehead atoms. The Bertz CT molecular complexity index is 720. The summed E-state index contributed by atoms with van der Waals surface area (Å²) < 4.78 is 6.83. The van der Waals surface area contributed by atoms with Crippen LogP contribution in [0.3, 0.4) is 0 Å². The van der Waals surface area contributed by atoms with Crippen molar-refractivity contribution in [2.75, 3.05) is 13.7 Å². The van der Waals surface area contributed by atoms with E-state index < -0.39 is 6.04 Å². The first kappa shape index (κ1) is 14.6. The highest BCUT2D eigenvalue weighted by Gasteiger charge is 2.33. The van der Waals surface area contributed by atoms with Crippen molar-refractivity contribution >= 4 is 22.8 Å². The molecule has 22 heavy (non-hydrogen) atoms. The topological polar surface area (TPSA) is 51.5 Å². The number of hydrogen-bond acceptors (Lipinski definition) is 3. The van der Waals surface area contributed by atoms with Crippen LogP contribution in [0.15, 0.2) is 30.5 Å². The minimum absolute atomic E-state index is 0.0989. The third-order valence-corrected chi connectivity index (χ3v) is 4.37. The molecular formula is C17H20N2O3. The molecule has 1 unspecified atom stereocenters. The van der Waals surface area contributed by atoms with Crippen molar-refractivity contribution < 1.29 is 14.3 Å². The van der Waals surface area contributed by atoms with Crippen molar-refractivity contribution in [1.82, 2.24) is 9.47 Å². The van der Waals surface area contributed by atoms with Crippen LogP contribution in [0.25, 0.3) is 10.9 Å². The quantitative estimate of drug-likeness (QED) is 0.800. The number of piperidine rings is 1. The lowest BCUT2D eigenvalue weighted by molar-refractivity contribution is -0.147. The van der Waals surface area contributed by atoms with Gasteiger partial charge in [-0.2, -0.15) is 0 Å². The molecule has 2 heterocycles. The summed E-state index contributed by atoms with van der Waals surface area (Å²) in [5.74, 6) is -0.425. The number of likely N-dealkylation sites (tertiary alicyclic amines) is 1. The van der Waals surface area contributed by atoms with Crippen molar-refractivity contribution in [2.45, 2.75) is 25.3 Å². The van der Waals surface area contributed by atoms with Crippen molar-refractivity contribution in [3.8, 4) is 0 Å². The van der Waals surface area contributed by atoms with Gasteiger partial charge < -0.3 is 14.2 Å². The van der Waals surface area contributed by atoms with Gasteiger partial charge in [-0.3, -0.25) is 4.79 Å². The van der Waals surface area contributed by atoms with Crippen LogP contribution in [0, 0.1) is 0 Å². The third kappa shape index (κ3) is 2.47. The summed E-state index contributed by atoms with van der Waals surface area (Å²) in [4.78, 5) is 26.4. The van der Waals surface area contributed by atoms with Crippen LogP contribution in [-0.2, 0) is 16.6 Å². The number of fused-ring (bicyclic) bond motifs is 1. The lowest BCUT2D eigenvalue weighted by Crippen LogP contribution is -2.48. The first-order valence-electron chi connectivity index (χ1n) is 7.55. The summed E-state index contributed by atoms with van der Waals surface area (Å²) in [6.45, 7) is 0.601. The Balaban J connectivity index is 1.92. The number of benzene rings is 1. The van der Waals surface area contributed by atoms with Crippen LogP contribution >= 0.6 is 0 Å². The summed E-state index contributed by atoms with van der Waals surface area (Å²) in [5, 5.41) is 1.10. The van der Waals surface area contributed by atoms with E-state index >= 15 is 0 Å². The molecule has 1 amide bonds. The Morgan fingerprint density at radius 3 is 2.82 bits per heavy atom. The third-order valence-electron chi connectivity index (χ3n) is 4.37. The highest BCUT2D eigenvalue weighted by atomic mass is 16.5. The predicted octanol–water partition coefficient (Wildman–Crippen LogP) is 2.35. The van der Waals surface area contributed by atoms with Gasteiger partial charge in [0.05, 0.1) is 7.11 Å². The lowest BCUT2D eigenvalue weighted by atomic mass is 10.0. The van der Waals surface area contributed by atoms with E-state index in [1.165, 1.54) is 7.11 Å². The second kappa shape index (κ2) is 5.83. The van der Waals surface area contributed by atoms with E-state index in [4.69, 9.17) is 4.74 Å². The maximum atomic E-state index is 12.8. The van der Waals surface area contributed by atoms with Crippen LogP contribution in [0.4, 0.5) is 0 Å². The van der Waals surface area contributed by atoms with Crippen LogP contribution in [0.1, 0.15) is 29.6 Å². The molecule has 0 saturated carbocycles. The van der Waals surface area contributed by atoms with Gasteiger partial charge in [0, 0.05) is 30.9 Å². The number of amides is 1. The van der Waals surface area contributed by atoms with Crippen molar-refractivity contribution in [1.29, 1.82) is 0 Å². The fourth-order valence-electron chi connectivity index (χ4n) is 3.12. The molecule has 5 heteroatoms. The smallest absolute Gasteiger partial charge is 0.328 e. The molecule has 0 spiro atoms. The van der Waals surface area contributed by atoms with Gasteiger partial charge in [0.25, 0.3) is 5.91 Å². The molecule has 3 rings (SSSR count). The summed E-state index contributed by atoms with van der Waals surface area (Å²) in [6.07, 6.45) is 4.51. The molecule has 116 valence electrons. The first-order valence-corrected chi connectivity index (χ1v) is 7.55. The normalized spacial score (nSPS) is 18.5. The zero-order chi connectivity index (χ0) is 15.7. The molecule has 1 aromatic heterocycles. The predicted molar refractivity (Wildman–Crippen MR) is 83.6 cm³/mol. The number of aryl methyl sites for hydroxylation is 1. The molecule has 1 aliphatic heterocycles. The summed E-state index contributed by atoms with van der Waals surface area (Å²) >= 11 is 0. The Morgan fingerprint density at radius 1 is 1.23 bits per heavy atom. The molecule has 5 nitrogen and oxygen atoms in total. The number of carbonyl (C=O) groups excluding carboxylic acids is 2. The number of carbonyl (C=O) groups is 2. The van der Waals surface area contributed by atoms with Crippen LogP contribution in [0.2, 0.25) is 0 Å². The number of aromatic nitrogens is 1. The van der Waals surface area contributed by atoms with Crippen LogP contribution < -0.4 is 0 Å². The molecule has 1 fully saturated rings. The number of nitrogens with zero attached hydrogens (tertiary/aromatic N) is 2. The monoisotopic (exact) mass is 300 g/mol. The zero-order valence-corrected chi connectivity index (χ0v) is 12.9. The summed E-state index contributed by atoms with van der Waals surface area (Å²) in [7, 11) is 3.32. The molecule has 1 atom stereocenters. The number of hydrogen-bond donors (Lipinski definition) is 0. The van der Waals surface area contributed by atoms with Gasteiger partial charge in [0.2, 0.25) is 0 Å². The average Bonchev–Trinajstić information content (AvgIpc) is 2.94. The maximum Gasteiger partial charge on any atom is 0.328 e. The first-order chi connectivity index (χ1) is 10.6. The minimum Gasteiger partial charge on any atom is -0.467 e. The Kier molecular flexibility index (Phi) is 3.88. The maximum absolute atomic E-state index is 12.8. The van der Waals surface area contributed by atoms with Crippen molar-refractivity contribution in [2.24, 2.45) is 7.05 Å². The van der Waals surface area contributed by atoms with Gasteiger partial charge >= 0.3 is 5.97 Å². The standard InChI is InChI=1S/C17H20N2O3/c1-18-10-8-12-6-7-13(11-15(12)18)16(20)19-9-4-3-5-14(19)17(21)22-2/h6-8,10-11,14H,3-5,9H2,1-2H3. The Morgan fingerprint density at radius 2 is 2.05 bits per heavy atom. The highest BCUT2D eigenvalue weighted by Crippen LogP contribution is 2.23. The van der Waals surface area contributed by atoms with Crippen LogP contribution in [-0.4, -0.2) is 41.0 Å². The SMILES string of the molecule is COC(=O)C1CCCCN1C(=O)c1ccc2ccn(C)c2c1. The van der Waals surface area contributed by atoms with Gasteiger partial charge in [-0.05, 0) is 42.8 Å². The largest absolute Gasteiger partial charge is 0.467 e. The van der Waals surface area contributed by atoms with Gasteiger partial charge in [-0.1, -0.05) is 6.07 Å². The molecule has 1 aromatic carbocycles. The van der Waals surface area contributed by atoms with Gasteiger partial charge in [0.1, 0.15) is 6.04 Å².